The number of rotatable bonds is 7. The molecule has 0 saturated carbocycles. The first-order valence-corrected chi connectivity index (χ1v) is 8.66. The van der Waals surface area contributed by atoms with Crippen LogP contribution in [-0.4, -0.2) is 57.3 Å². The number of hydrogen-bond donors (Lipinski definition) is 2. The SMILES string of the molecule is Cn1cc(S(=O)(=O)NCCCN2CCOCC2)cc1CN. The molecule has 0 aromatic carbocycles. The van der Waals surface area contributed by atoms with E-state index in [-0.39, 0.29) is 4.90 Å². The maximum Gasteiger partial charge on any atom is 0.242 e. The third kappa shape index (κ3) is 4.52. The Bertz CT molecular complexity index is 550. The minimum atomic E-state index is -3.44. The number of nitrogens with zero attached hydrogens (tertiary/aromatic N) is 2. The summed E-state index contributed by atoms with van der Waals surface area (Å²) in [5.41, 5.74) is 6.35. The molecule has 120 valence electrons. The molecule has 0 amide bonds. The topological polar surface area (TPSA) is 89.6 Å². The zero-order chi connectivity index (χ0) is 15.3. The quantitative estimate of drug-likeness (QED) is 0.661. The predicted octanol–water partition coefficient (Wildman–Crippen LogP) is -0.516. The van der Waals surface area contributed by atoms with Crippen molar-refractivity contribution in [3.05, 3.63) is 18.0 Å². The van der Waals surface area contributed by atoms with Crippen LogP contribution in [-0.2, 0) is 28.4 Å². The Morgan fingerprint density at radius 1 is 1.38 bits per heavy atom. The highest BCUT2D eigenvalue weighted by Gasteiger charge is 2.17. The first-order valence-electron chi connectivity index (χ1n) is 7.18. The van der Waals surface area contributed by atoms with Crippen LogP contribution in [0.1, 0.15) is 12.1 Å². The normalized spacial score (nSPS) is 17.2. The summed E-state index contributed by atoms with van der Waals surface area (Å²) in [5.74, 6) is 0. The fourth-order valence-electron chi connectivity index (χ4n) is 2.34. The van der Waals surface area contributed by atoms with Gasteiger partial charge >= 0.3 is 0 Å². The number of nitrogens with one attached hydrogen (secondary N) is 1. The molecule has 1 aliphatic rings. The Balaban J connectivity index is 1.80. The predicted molar refractivity (Wildman–Crippen MR) is 80.4 cm³/mol. The van der Waals surface area contributed by atoms with Gasteiger partial charge in [-0.3, -0.25) is 4.90 Å². The summed E-state index contributed by atoms with van der Waals surface area (Å²) in [7, 11) is -1.65. The summed E-state index contributed by atoms with van der Waals surface area (Å²) in [6, 6.07) is 1.62. The average Bonchev–Trinajstić information content (AvgIpc) is 2.87. The molecule has 0 atom stereocenters. The molecule has 1 saturated heterocycles. The zero-order valence-electron chi connectivity index (χ0n) is 12.4. The van der Waals surface area contributed by atoms with Gasteiger partial charge in [0, 0.05) is 45.1 Å². The molecule has 1 aromatic rings. The fourth-order valence-corrected chi connectivity index (χ4v) is 3.51. The molecule has 0 bridgehead atoms. The molecule has 21 heavy (non-hydrogen) atoms. The number of morpholine rings is 1. The van der Waals surface area contributed by atoms with E-state index < -0.39 is 10.0 Å². The van der Waals surface area contributed by atoms with Crippen LogP contribution < -0.4 is 10.5 Å². The van der Waals surface area contributed by atoms with Crippen LogP contribution >= 0.6 is 0 Å². The first-order chi connectivity index (χ1) is 10.0. The zero-order valence-corrected chi connectivity index (χ0v) is 13.2. The van der Waals surface area contributed by atoms with Crippen LogP contribution in [0.2, 0.25) is 0 Å². The Labute approximate surface area is 126 Å². The van der Waals surface area contributed by atoms with Gasteiger partial charge in [0.25, 0.3) is 0 Å². The summed E-state index contributed by atoms with van der Waals surface area (Å²) >= 11 is 0. The van der Waals surface area contributed by atoms with Crippen LogP contribution in [0.25, 0.3) is 0 Å². The molecule has 8 heteroatoms. The van der Waals surface area contributed by atoms with Gasteiger partial charge < -0.3 is 15.0 Å². The molecule has 1 aliphatic heterocycles. The standard InChI is InChI=1S/C13H24N4O3S/c1-16-11-13(9-12(16)10-14)21(18,19)15-3-2-4-17-5-7-20-8-6-17/h9,11,15H,2-8,10,14H2,1H3. The molecular weight excluding hydrogens is 292 g/mol. The molecule has 0 spiro atoms. The Morgan fingerprint density at radius 2 is 2.10 bits per heavy atom. The van der Waals surface area contributed by atoms with E-state index in [0.29, 0.717) is 13.1 Å². The molecular formula is C13H24N4O3S. The second-order valence-corrected chi connectivity index (χ2v) is 6.95. The fraction of sp³-hybridized carbons (Fsp3) is 0.692. The van der Waals surface area contributed by atoms with Crippen molar-refractivity contribution in [2.45, 2.75) is 17.9 Å². The Morgan fingerprint density at radius 3 is 2.71 bits per heavy atom. The summed E-state index contributed by atoms with van der Waals surface area (Å²) in [5, 5.41) is 0. The number of aromatic nitrogens is 1. The Hall–Kier alpha value is -0.930. The second kappa shape index (κ2) is 7.37. The van der Waals surface area contributed by atoms with E-state index in [1.54, 1.807) is 23.9 Å². The molecule has 2 heterocycles. The van der Waals surface area contributed by atoms with E-state index >= 15 is 0 Å². The van der Waals surface area contributed by atoms with Crippen molar-refractivity contribution in [2.24, 2.45) is 12.8 Å². The van der Waals surface area contributed by atoms with Crippen molar-refractivity contribution in [1.82, 2.24) is 14.2 Å². The van der Waals surface area contributed by atoms with Crippen LogP contribution in [0, 0.1) is 0 Å². The molecule has 2 rings (SSSR count). The first kappa shape index (κ1) is 16.4. The molecule has 0 unspecified atom stereocenters. The largest absolute Gasteiger partial charge is 0.379 e. The van der Waals surface area contributed by atoms with Gasteiger partial charge in [-0.15, -0.1) is 0 Å². The van der Waals surface area contributed by atoms with E-state index in [9.17, 15) is 8.42 Å². The van der Waals surface area contributed by atoms with Gasteiger partial charge in [-0.2, -0.15) is 0 Å². The molecule has 0 aliphatic carbocycles. The molecule has 0 radical (unpaired) electrons. The van der Waals surface area contributed by atoms with Crippen molar-refractivity contribution >= 4 is 10.0 Å². The van der Waals surface area contributed by atoms with Crippen molar-refractivity contribution < 1.29 is 13.2 Å². The summed E-state index contributed by atoms with van der Waals surface area (Å²) in [4.78, 5) is 2.56. The molecule has 7 nitrogen and oxygen atoms in total. The van der Waals surface area contributed by atoms with Crippen molar-refractivity contribution in [3.63, 3.8) is 0 Å². The minimum Gasteiger partial charge on any atom is -0.379 e. The highest BCUT2D eigenvalue weighted by molar-refractivity contribution is 7.89. The third-order valence-electron chi connectivity index (χ3n) is 3.65. The van der Waals surface area contributed by atoms with E-state index in [1.807, 2.05) is 0 Å². The number of sulfonamides is 1. The van der Waals surface area contributed by atoms with E-state index in [4.69, 9.17) is 10.5 Å². The van der Waals surface area contributed by atoms with E-state index in [1.165, 1.54) is 0 Å². The molecule has 3 N–H and O–H groups in total. The van der Waals surface area contributed by atoms with Gasteiger partial charge in [0.1, 0.15) is 0 Å². The smallest absolute Gasteiger partial charge is 0.242 e. The molecule has 1 aromatic heterocycles. The van der Waals surface area contributed by atoms with E-state index in [0.717, 1.165) is 45.0 Å². The van der Waals surface area contributed by atoms with Gasteiger partial charge in [-0.05, 0) is 19.0 Å². The van der Waals surface area contributed by atoms with E-state index in [2.05, 4.69) is 9.62 Å². The van der Waals surface area contributed by atoms with Crippen molar-refractivity contribution in [1.29, 1.82) is 0 Å². The highest BCUT2D eigenvalue weighted by Crippen LogP contribution is 2.12. The van der Waals surface area contributed by atoms with Gasteiger partial charge in [0.05, 0.1) is 18.1 Å². The van der Waals surface area contributed by atoms with Crippen molar-refractivity contribution in [3.8, 4) is 0 Å². The minimum absolute atomic E-state index is 0.275. The lowest BCUT2D eigenvalue weighted by atomic mass is 10.3. The lowest BCUT2D eigenvalue weighted by Crippen LogP contribution is -2.38. The number of ether oxygens (including phenoxy) is 1. The highest BCUT2D eigenvalue weighted by atomic mass is 32.2. The van der Waals surface area contributed by atoms with Crippen LogP contribution in [0.4, 0.5) is 0 Å². The summed E-state index contributed by atoms with van der Waals surface area (Å²) in [6.45, 7) is 5.01. The lowest BCUT2D eigenvalue weighted by Gasteiger charge is -2.26. The maximum atomic E-state index is 12.2. The monoisotopic (exact) mass is 316 g/mol. The van der Waals surface area contributed by atoms with Crippen LogP contribution in [0.5, 0.6) is 0 Å². The van der Waals surface area contributed by atoms with Crippen molar-refractivity contribution in [2.75, 3.05) is 39.4 Å². The lowest BCUT2D eigenvalue weighted by molar-refractivity contribution is 0.0376. The number of nitrogens with two attached hydrogens (primary N) is 1. The molecule has 1 fully saturated rings. The van der Waals surface area contributed by atoms with Gasteiger partial charge in [0.15, 0.2) is 0 Å². The summed E-state index contributed by atoms with van der Waals surface area (Å²) < 4.78 is 34.0. The summed E-state index contributed by atoms with van der Waals surface area (Å²) in [6.07, 6.45) is 2.38. The van der Waals surface area contributed by atoms with Gasteiger partial charge in [0.2, 0.25) is 10.0 Å². The number of aryl methyl sites for hydroxylation is 1. The van der Waals surface area contributed by atoms with Gasteiger partial charge in [-0.1, -0.05) is 0 Å². The Kier molecular flexibility index (Phi) is 5.77. The third-order valence-corrected chi connectivity index (χ3v) is 5.08. The second-order valence-electron chi connectivity index (χ2n) is 5.19. The van der Waals surface area contributed by atoms with Crippen LogP contribution in [0.3, 0.4) is 0 Å². The van der Waals surface area contributed by atoms with Gasteiger partial charge in [-0.25, -0.2) is 13.1 Å². The average molecular weight is 316 g/mol. The maximum absolute atomic E-state index is 12.2. The number of hydrogen-bond acceptors (Lipinski definition) is 5. The van der Waals surface area contributed by atoms with Crippen LogP contribution in [0.15, 0.2) is 17.2 Å².